The van der Waals surface area contributed by atoms with Crippen molar-refractivity contribution in [3.8, 4) is 0 Å². The summed E-state index contributed by atoms with van der Waals surface area (Å²) in [5.41, 5.74) is 1.87. The monoisotopic (exact) mass is 387 g/mol. The second kappa shape index (κ2) is 7.66. The van der Waals surface area contributed by atoms with Crippen molar-refractivity contribution in [1.82, 2.24) is 24.8 Å². The number of ether oxygens (including phenoxy) is 1. The number of piperidine rings is 1. The van der Waals surface area contributed by atoms with Gasteiger partial charge >= 0.3 is 0 Å². The van der Waals surface area contributed by atoms with Crippen LogP contribution < -0.4 is 0 Å². The third-order valence-corrected chi connectivity index (χ3v) is 6.05. The van der Waals surface area contributed by atoms with Gasteiger partial charge in [-0.25, -0.2) is 0 Å². The summed E-state index contributed by atoms with van der Waals surface area (Å²) in [6.45, 7) is 6.01. The SMILES string of the molecule is COCc1nc(C2(CC3CC3)CCN(C(=O)Cn3nc(C)cc3C)CC2)no1. The lowest BCUT2D eigenvalue weighted by atomic mass is 9.73. The molecule has 3 heterocycles. The number of hydrogen-bond acceptors (Lipinski definition) is 6. The Labute approximate surface area is 165 Å². The van der Waals surface area contributed by atoms with Gasteiger partial charge in [0.05, 0.1) is 5.69 Å². The minimum absolute atomic E-state index is 0.0916. The predicted molar refractivity (Wildman–Crippen MR) is 102 cm³/mol. The minimum atomic E-state index is -0.0916. The molecule has 2 fully saturated rings. The van der Waals surface area contributed by atoms with E-state index in [2.05, 4.69) is 15.2 Å². The van der Waals surface area contributed by atoms with E-state index in [1.165, 1.54) is 12.8 Å². The van der Waals surface area contributed by atoms with E-state index in [0.717, 1.165) is 55.5 Å². The Hall–Kier alpha value is -2.22. The highest BCUT2D eigenvalue weighted by atomic mass is 16.5. The van der Waals surface area contributed by atoms with Crippen LogP contribution in [0.4, 0.5) is 0 Å². The molecule has 0 aromatic carbocycles. The summed E-state index contributed by atoms with van der Waals surface area (Å²) < 4.78 is 12.3. The quantitative estimate of drug-likeness (QED) is 0.725. The van der Waals surface area contributed by atoms with Crippen LogP contribution in [0.15, 0.2) is 10.6 Å². The number of likely N-dealkylation sites (tertiary alicyclic amines) is 1. The molecule has 1 aliphatic carbocycles. The lowest BCUT2D eigenvalue weighted by molar-refractivity contribution is -0.133. The number of amides is 1. The Balaban J connectivity index is 1.44. The molecule has 28 heavy (non-hydrogen) atoms. The van der Waals surface area contributed by atoms with Crippen molar-refractivity contribution in [3.63, 3.8) is 0 Å². The average molecular weight is 387 g/mol. The second-order valence-corrected chi connectivity index (χ2v) is 8.34. The zero-order chi connectivity index (χ0) is 19.7. The predicted octanol–water partition coefficient (Wildman–Crippen LogP) is 2.39. The van der Waals surface area contributed by atoms with E-state index in [1.54, 1.807) is 11.8 Å². The van der Waals surface area contributed by atoms with Gasteiger partial charge in [0.15, 0.2) is 5.82 Å². The van der Waals surface area contributed by atoms with Crippen LogP contribution >= 0.6 is 0 Å². The van der Waals surface area contributed by atoms with Gasteiger partial charge < -0.3 is 14.2 Å². The molecule has 0 N–H and O–H groups in total. The number of methoxy groups -OCH3 is 1. The summed E-state index contributed by atoms with van der Waals surface area (Å²) in [5.74, 6) is 2.19. The van der Waals surface area contributed by atoms with Gasteiger partial charge in [0, 0.05) is 31.3 Å². The molecule has 1 amide bonds. The molecule has 152 valence electrons. The van der Waals surface area contributed by atoms with Crippen molar-refractivity contribution in [2.75, 3.05) is 20.2 Å². The molecule has 2 aromatic rings. The Morgan fingerprint density at radius 2 is 2.07 bits per heavy atom. The summed E-state index contributed by atoms with van der Waals surface area (Å²) in [6.07, 6.45) is 5.39. The van der Waals surface area contributed by atoms with Gasteiger partial charge in [0.25, 0.3) is 5.89 Å². The third-order valence-electron chi connectivity index (χ3n) is 6.05. The van der Waals surface area contributed by atoms with E-state index in [0.29, 0.717) is 19.0 Å². The maximum absolute atomic E-state index is 12.8. The minimum Gasteiger partial charge on any atom is -0.375 e. The lowest BCUT2D eigenvalue weighted by Gasteiger charge is -2.40. The van der Waals surface area contributed by atoms with Crippen LogP contribution in [0.2, 0.25) is 0 Å². The molecular formula is C20H29N5O3. The first-order valence-electron chi connectivity index (χ1n) is 10.1. The van der Waals surface area contributed by atoms with Crippen LogP contribution in [0.1, 0.15) is 55.2 Å². The summed E-state index contributed by atoms with van der Waals surface area (Å²) in [5, 5.41) is 8.69. The van der Waals surface area contributed by atoms with Gasteiger partial charge in [-0.05, 0) is 45.1 Å². The topological polar surface area (TPSA) is 86.3 Å². The second-order valence-electron chi connectivity index (χ2n) is 8.34. The van der Waals surface area contributed by atoms with Crippen LogP contribution in [-0.2, 0) is 28.1 Å². The molecule has 2 aliphatic rings. The van der Waals surface area contributed by atoms with E-state index in [4.69, 9.17) is 9.26 Å². The van der Waals surface area contributed by atoms with Gasteiger partial charge in [-0.15, -0.1) is 0 Å². The van der Waals surface area contributed by atoms with Crippen molar-refractivity contribution in [1.29, 1.82) is 0 Å². The molecule has 1 aliphatic heterocycles. The summed E-state index contributed by atoms with van der Waals surface area (Å²) >= 11 is 0. The molecule has 1 saturated carbocycles. The molecule has 2 aromatic heterocycles. The van der Waals surface area contributed by atoms with E-state index in [9.17, 15) is 4.79 Å². The van der Waals surface area contributed by atoms with E-state index in [-0.39, 0.29) is 11.3 Å². The molecule has 0 radical (unpaired) electrons. The largest absolute Gasteiger partial charge is 0.375 e. The highest BCUT2D eigenvalue weighted by molar-refractivity contribution is 5.76. The number of carbonyl (C=O) groups excluding carboxylic acids is 1. The van der Waals surface area contributed by atoms with Crippen molar-refractivity contribution in [2.24, 2.45) is 5.92 Å². The fourth-order valence-corrected chi connectivity index (χ4v) is 4.29. The fourth-order valence-electron chi connectivity index (χ4n) is 4.29. The summed E-state index contributed by atoms with van der Waals surface area (Å²) in [7, 11) is 1.62. The van der Waals surface area contributed by atoms with Gasteiger partial charge in [0.1, 0.15) is 13.2 Å². The van der Waals surface area contributed by atoms with Crippen LogP contribution in [0.25, 0.3) is 0 Å². The number of aryl methyl sites for hydroxylation is 2. The Morgan fingerprint density at radius 3 is 2.68 bits per heavy atom. The van der Waals surface area contributed by atoms with Crippen molar-refractivity contribution < 1.29 is 14.1 Å². The van der Waals surface area contributed by atoms with Gasteiger partial charge in [-0.1, -0.05) is 18.0 Å². The molecule has 4 rings (SSSR count). The number of aromatic nitrogens is 4. The highest BCUT2D eigenvalue weighted by Gasteiger charge is 2.44. The zero-order valence-electron chi connectivity index (χ0n) is 17.0. The van der Waals surface area contributed by atoms with Crippen LogP contribution in [0.5, 0.6) is 0 Å². The van der Waals surface area contributed by atoms with Crippen LogP contribution in [0.3, 0.4) is 0 Å². The van der Waals surface area contributed by atoms with Crippen LogP contribution in [-0.4, -0.2) is 50.9 Å². The Kier molecular flexibility index (Phi) is 5.23. The molecule has 8 heteroatoms. The normalized spacial score (nSPS) is 19.2. The zero-order valence-corrected chi connectivity index (χ0v) is 17.0. The van der Waals surface area contributed by atoms with E-state index >= 15 is 0 Å². The smallest absolute Gasteiger partial charge is 0.252 e. The molecule has 0 bridgehead atoms. The summed E-state index contributed by atoms with van der Waals surface area (Å²) in [4.78, 5) is 19.4. The van der Waals surface area contributed by atoms with E-state index in [1.807, 2.05) is 24.8 Å². The maximum Gasteiger partial charge on any atom is 0.252 e. The number of hydrogen-bond donors (Lipinski definition) is 0. The molecular weight excluding hydrogens is 358 g/mol. The molecule has 1 saturated heterocycles. The fraction of sp³-hybridized carbons (Fsp3) is 0.700. The average Bonchev–Trinajstić information content (AvgIpc) is 3.24. The first kappa shape index (κ1) is 19.1. The first-order chi connectivity index (χ1) is 13.5. The molecule has 0 unspecified atom stereocenters. The van der Waals surface area contributed by atoms with Crippen LogP contribution in [0, 0.1) is 19.8 Å². The van der Waals surface area contributed by atoms with Gasteiger partial charge in [-0.3, -0.25) is 9.48 Å². The van der Waals surface area contributed by atoms with Crippen molar-refractivity contribution >= 4 is 5.91 Å². The van der Waals surface area contributed by atoms with Crippen molar-refractivity contribution in [2.45, 2.75) is 64.5 Å². The van der Waals surface area contributed by atoms with E-state index < -0.39 is 0 Å². The number of nitrogens with zero attached hydrogens (tertiary/aromatic N) is 5. The molecule has 8 nitrogen and oxygen atoms in total. The summed E-state index contributed by atoms with van der Waals surface area (Å²) in [6, 6.07) is 2.00. The molecule has 0 atom stereocenters. The maximum atomic E-state index is 12.8. The number of carbonyl (C=O) groups is 1. The Bertz CT molecular complexity index is 831. The highest BCUT2D eigenvalue weighted by Crippen LogP contribution is 2.46. The van der Waals surface area contributed by atoms with Gasteiger partial charge in [0.2, 0.25) is 5.91 Å². The third kappa shape index (κ3) is 3.97. The Morgan fingerprint density at radius 1 is 1.32 bits per heavy atom. The first-order valence-corrected chi connectivity index (χ1v) is 10.1. The molecule has 0 spiro atoms. The standard InChI is InChI=1S/C20H29N5O3/c1-14-10-15(2)25(22-14)12-18(26)24-8-6-20(7-9-24,11-16-4-5-16)19-21-17(13-27-3)28-23-19/h10,16H,4-9,11-13H2,1-3H3. The lowest BCUT2D eigenvalue weighted by Crippen LogP contribution is -2.47. The number of rotatable bonds is 7. The van der Waals surface area contributed by atoms with Crippen molar-refractivity contribution in [3.05, 3.63) is 29.2 Å². The van der Waals surface area contributed by atoms with Gasteiger partial charge in [-0.2, -0.15) is 10.1 Å².